The van der Waals surface area contributed by atoms with Crippen LogP contribution in [-0.2, 0) is 0 Å². The molecule has 1 unspecified atom stereocenters. The number of methoxy groups -OCH3 is 1. The van der Waals surface area contributed by atoms with E-state index >= 15 is 0 Å². The van der Waals surface area contributed by atoms with Gasteiger partial charge in [-0.25, -0.2) is 0 Å². The van der Waals surface area contributed by atoms with Gasteiger partial charge in [0.1, 0.15) is 5.75 Å². The second-order valence-electron chi connectivity index (χ2n) is 4.44. The van der Waals surface area contributed by atoms with Crippen LogP contribution in [0.3, 0.4) is 0 Å². The van der Waals surface area contributed by atoms with Crippen LogP contribution in [0.4, 0.5) is 0 Å². The van der Waals surface area contributed by atoms with Gasteiger partial charge in [0.15, 0.2) is 0 Å². The Morgan fingerprint density at radius 1 is 1.47 bits per heavy atom. The maximum Gasteiger partial charge on any atom is 0.120 e. The molecule has 0 saturated carbocycles. The molecule has 0 amide bonds. The van der Waals surface area contributed by atoms with E-state index in [-0.39, 0.29) is 6.04 Å². The molecule has 4 heteroatoms. The number of hydrogen-bond acceptors (Lipinski definition) is 3. The Balaban J connectivity index is 3.19. The van der Waals surface area contributed by atoms with E-state index in [1.807, 2.05) is 33.0 Å². The molecule has 0 aliphatic rings. The highest BCUT2D eigenvalue weighted by Gasteiger charge is 2.31. The second-order valence-corrected chi connectivity index (χ2v) is 4.85. The third-order valence-electron chi connectivity index (χ3n) is 2.82. The van der Waals surface area contributed by atoms with Gasteiger partial charge in [0, 0.05) is 5.02 Å². The predicted molar refractivity (Wildman–Crippen MR) is 69.2 cm³/mol. The molecule has 92 valence electrons. The Morgan fingerprint density at radius 2 is 2.12 bits per heavy atom. The molecule has 0 radical (unpaired) electrons. The van der Waals surface area contributed by atoms with Gasteiger partial charge in [0.05, 0.1) is 24.6 Å². The molecule has 3 nitrogen and oxygen atoms in total. The summed E-state index contributed by atoms with van der Waals surface area (Å²) in [6.07, 6.45) is 0. The van der Waals surface area contributed by atoms with Crippen LogP contribution in [0.15, 0.2) is 18.2 Å². The normalized spacial score (nSPS) is 12.9. The summed E-state index contributed by atoms with van der Waals surface area (Å²) in [4.78, 5) is 0. The van der Waals surface area contributed by atoms with Gasteiger partial charge in [-0.05, 0) is 38.6 Å². The lowest BCUT2D eigenvalue weighted by Crippen LogP contribution is -2.31. The third kappa shape index (κ3) is 2.91. The van der Waals surface area contributed by atoms with Gasteiger partial charge < -0.3 is 10.1 Å². The molecule has 0 spiro atoms. The molecule has 0 heterocycles. The molecule has 1 N–H and O–H groups in total. The van der Waals surface area contributed by atoms with Crippen molar-refractivity contribution < 1.29 is 4.74 Å². The number of halogens is 1. The van der Waals surface area contributed by atoms with Crippen LogP contribution in [-0.4, -0.2) is 14.2 Å². The Kier molecular flexibility index (Phi) is 4.39. The van der Waals surface area contributed by atoms with Gasteiger partial charge in [0.2, 0.25) is 0 Å². The maximum atomic E-state index is 9.19. The van der Waals surface area contributed by atoms with E-state index < -0.39 is 5.41 Å². The number of nitrogens with one attached hydrogen (secondary N) is 1. The highest BCUT2D eigenvalue weighted by atomic mass is 35.5. The zero-order chi connectivity index (χ0) is 13.1. The van der Waals surface area contributed by atoms with E-state index in [0.29, 0.717) is 10.8 Å². The van der Waals surface area contributed by atoms with Crippen molar-refractivity contribution in [2.24, 2.45) is 5.41 Å². The zero-order valence-corrected chi connectivity index (χ0v) is 11.3. The number of rotatable bonds is 4. The lowest BCUT2D eigenvalue weighted by molar-refractivity contribution is 0.343. The minimum Gasteiger partial charge on any atom is -0.497 e. The SMILES string of the molecule is CNC(c1ccc(OC)cc1Cl)C(C)(C)C#N. The number of hydrogen-bond donors (Lipinski definition) is 1. The summed E-state index contributed by atoms with van der Waals surface area (Å²) in [7, 11) is 3.42. The van der Waals surface area contributed by atoms with Crippen LogP contribution in [0.25, 0.3) is 0 Å². The van der Waals surface area contributed by atoms with Crippen molar-refractivity contribution in [1.29, 1.82) is 5.26 Å². The minimum absolute atomic E-state index is 0.120. The molecule has 0 fully saturated rings. The van der Waals surface area contributed by atoms with E-state index in [1.54, 1.807) is 13.2 Å². The van der Waals surface area contributed by atoms with Crippen LogP contribution in [0.5, 0.6) is 5.75 Å². The molecule has 0 aromatic heterocycles. The first-order valence-corrected chi connectivity index (χ1v) is 5.76. The van der Waals surface area contributed by atoms with Crippen molar-refractivity contribution in [1.82, 2.24) is 5.32 Å². The standard InChI is InChI=1S/C13H17ClN2O/c1-13(2,8-15)12(16-3)10-6-5-9(17-4)7-11(10)14/h5-7,12,16H,1-4H3. The van der Waals surface area contributed by atoms with Gasteiger partial charge >= 0.3 is 0 Å². The van der Waals surface area contributed by atoms with E-state index in [9.17, 15) is 5.26 Å². The van der Waals surface area contributed by atoms with Crippen LogP contribution >= 0.6 is 11.6 Å². The van der Waals surface area contributed by atoms with Gasteiger partial charge in [-0.2, -0.15) is 5.26 Å². The monoisotopic (exact) mass is 252 g/mol. The molecule has 0 aliphatic carbocycles. The molecule has 1 rings (SSSR count). The van der Waals surface area contributed by atoms with Crippen molar-refractivity contribution in [2.45, 2.75) is 19.9 Å². The van der Waals surface area contributed by atoms with Gasteiger partial charge in [-0.1, -0.05) is 17.7 Å². The van der Waals surface area contributed by atoms with Crippen molar-refractivity contribution in [3.05, 3.63) is 28.8 Å². The largest absolute Gasteiger partial charge is 0.497 e. The highest BCUT2D eigenvalue weighted by molar-refractivity contribution is 6.31. The highest BCUT2D eigenvalue weighted by Crippen LogP contribution is 2.37. The lowest BCUT2D eigenvalue weighted by atomic mass is 9.82. The number of nitriles is 1. The minimum atomic E-state index is -0.535. The summed E-state index contributed by atoms with van der Waals surface area (Å²) in [5, 5.41) is 12.9. The third-order valence-corrected chi connectivity index (χ3v) is 3.14. The smallest absolute Gasteiger partial charge is 0.120 e. The van der Waals surface area contributed by atoms with Crippen molar-refractivity contribution >= 4 is 11.6 Å². The molecular formula is C13H17ClN2O. The molecule has 17 heavy (non-hydrogen) atoms. The lowest BCUT2D eigenvalue weighted by Gasteiger charge is -2.28. The average molecular weight is 253 g/mol. The van der Waals surface area contributed by atoms with Crippen molar-refractivity contribution in [2.75, 3.05) is 14.2 Å². The number of benzene rings is 1. The molecule has 0 aliphatic heterocycles. The first kappa shape index (κ1) is 13.8. The Morgan fingerprint density at radius 3 is 2.53 bits per heavy atom. The molecule has 1 aromatic carbocycles. The van der Waals surface area contributed by atoms with Crippen LogP contribution in [0.2, 0.25) is 5.02 Å². The summed E-state index contributed by atoms with van der Waals surface area (Å²) in [6, 6.07) is 7.67. The number of ether oxygens (including phenoxy) is 1. The van der Waals surface area contributed by atoms with Crippen molar-refractivity contribution in [3.8, 4) is 11.8 Å². The Bertz CT molecular complexity index is 438. The molecular weight excluding hydrogens is 236 g/mol. The second kappa shape index (κ2) is 5.39. The molecule has 0 bridgehead atoms. The van der Waals surface area contributed by atoms with Crippen LogP contribution in [0.1, 0.15) is 25.5 Å². The first-order valence-electron chi connectivity index (χ1n) is 5.38. The van der Waals surface area contributed by atoms with Gasteiger partial charge in [-0.3, -0.25) is 0 Å². The Labute approximate surface area is 107 Å². The van der Waals surface area contributed by atoms with E-state index in [1.165, 1.54) is 0 Å². The summed E-state index contributed by atoms with van der Waals surface area (Å²) in [6.45, 7) is 3.77. The summed E-state index contributed by atoms with van der Waals surface area (Å²) < 4.78 is 5.11. The van der Waals surface area contributed by atoms with Gasteiger partial charge in [0.25, 0.3) is 0 Å². The molecule has 1 atom stereocenters. The van der Waals surface area contributed by atoms with E-state index in [4.69, 9.17) is 16.3 Å². The van der Waals surface area contributed by atoms with Crippen LogP contribution < -0.4 is 10.1 Å². The zero-order valence-electron chi connectivity index (χ0n) is 10.5. The fraction of sp³-hybridized carbons (Fsp3) is 0.462. The van der Waals surface area contributed by atoms with E-state index in [0.717, 1.165) is 5.56 Å². The first-order chi connectivity index (χ1) is 7.96. The van der Waals surface area contributed by atoms with Crippen LogP contribution in [0, 0.1) is 16.7 Å². The fourth-order valence-corrected chi connectivity index (χ4v) is 2.12. The molecule has 0 saturated heterocycles. The quantitative estimate of drug-likeness (QED) is 0.895. The van der Waals surface area contributed by atoms with Gasteiger partial charge in [-0.15, -0.1) is 0 Å². The summed E-state index contributed by atoms with van der Waals surface area (Å²) >= 11 is 6.22. The Hall–Kier alpha value is -1.24. The topological polar surface area (TPSA) is 45.0 Å². The number of nitrogens with zero attached hydrogens (tertiary/aromatic N) is 1. The fourth-order valence-electron chi connectivity index (χ4n) is 1.84. The summed E-state index contributed by atoms with van der Waals surface area (Å²) in [5.74, 6) is 0.711. The van der Waals surface area contributed by atoms with Crippen molar-refractivity contribution in [3.63, 3.8) is 0 Å². The van der Waals surface area contributed by atoms with E-state index in [2.05, 4.69) is 11.4 Å². The molecule has 1 aromatic rings. The predicted octanol–water partition coefficient (Wildman–Crippen LogP) is 3.16. The average Bonchev–Trinajstić information content (AvgIpc) is 2.31. The maximum absolute atomic E-state index is 9.19. The summed E-state index contributed by atoms with van der Waals surface area (Å²) in [5.41, 5.74) is 0.369.